The van der Waals surface area contributed by atoms with Gasteiger partial charge in [-0.05, 0) is 19.1 Å². The third kappa shape index (κ3) is 3.02. The van der Waals surface area contributed by atoms with Crippen LogP contribution in [-0.4, -0.2) is 22.2 Å². The number of aromatic hydroxyl groups is 2. The van der Waals surface area contributed by atoms with Crippen LogP contribution in [0.2, 0.25) is 0 Å². The molecule has 0 aliphatic carbocycles. The first kappa shape index (κ1) is 11.1. The van der Waals surface area contributed by atoms with Crippen molar-refractivity contribution in [3.63, 3.8) is 0 Å². The van der Waals surface area contributed by atoms with Crippen LogP contribution in [0.5, 0.6) is 11.5 Å². The van der Waals surface area contributed by atoms with Crippen LogP contribution in [0.3, 0.4) is 0 Å². The Morgan fingerprint density at radius 2 is 1.93 bits per heavy atom. The van der Waals surface area contributed by atoms with Crippen LogP contribution in [0, 0.1) is 0 Å². The Morgan fingerprint density at radius 3 is 2.40 bits per heavy atom. The number of benzene rings is 1. The van der Waals surface area contributed by atoms with Crippen LogP contribution in [-0.2, 0) is 0 Å². The van der Waals surface area contributed by atoms with Gasteiger partial charge in [-0.15, -0.1) is 6.58 Å². The fourth-order valence-electron chi connectivity index (χ4n) is 1.08. The van der Waals surface area contributed by atoms with Gasteiger partial charge in [0.05, 0.1) is 0 Å². The lowest BCUT2D eigenvalue weighted by molar-refractivity contribution is 0.0946. The molecule has 80 valence electrons. The number of carbonyl (C=O) groups excluding carboxylic acids is 1. The number of phenols is 2. The summed E-state index contributed by atoms with van der Waals surface area (Å²) in [5.41, 5.74) is 0.209. The molecule has 4 heteroatoms. The molecule has 0 radical (unpaired) electrons. The van der Waals surface area contributed by atoms with Gasteiger partial charge in [0.15, 0.2) is 0 Å². The zero-order valence-electron chi connectivity index (χ0n) is 8.40. The number of carbonyl (C=O) groups is 1. The predicted octanol–water partition coefficient (Wildman–Crippen LogP) is 1.40. The highest BCUT2D eigenvalue weighted by Crippen LogP contribution is 2.20. The number of amides is 1. The third-order valence-electron chi connectivity index (χ3n) is 1.88. The Bertz CT molecular complexity index is 367. The highest BCUT2D eigenvalue weighted by Gasteiger charge is 2.09. The van der Waals surface area contributed by atoms with Crippen molar-refractivity contribution in [3.8, 4) is 11.5 Å². The van der Waals surface area contributed by atoms with Gasteiger partial charge in [0.25, 0.3) is 5.91 Å². The van der Waals surface area contributed by atoms with Crippen LogP contribution >= 0.6 is 0 Å². The largest absolute Gasteiger partial charge is 0.508 e. The van der Waals surface area contributed by atoms with E-state index in [-0.39, 0.29) is 29.0 Å². The van der Waals surface area contributed by atoms with Gasteiger partial charge in [0.2, 0.25) is 0 Å². The number of phenolic OH excluding ortho intramolecular Hbond substituents is 2. The van der Waals surface area contributed by atoms with Gasteiger partial charge in [-0.1, -0.05) is 6.08 Å². The molecule has 1 aromatic rings. The Hall–Kier alpha value is -1.97. The topological polar surface area (TPSA) is 69.6 Å². The average Bonchev–Trinajstić information content (AvgIpc) is 2.16. The fraction of sp³-hybridized carbons (Fsp3) is 0.182. The summed E-state index contributed by atoms with van der Waals surface area (Å²) in [5, 5.41) is 21.0. The maximum atomic E-state index is 11.5. The zero-order valence-corrected chi connectivity index (χ0v) is 8.40. The molecular formula is C11H13NO3. The molecule has 15 heavy (non-hydrogen) atoms. The number of hydrogen-bond acceptors (Lipinski definition) is 3. The number of nitrogens with one attached hydrogen (secondary N) is 1. The molecule has 1 atom stereocenters. The smallest absolute Gasteiger partial charge is 0.252 e. The molecule has 0 heterocycles. The monoisotopic (exact) mass is 207 g/mol. The lowest BCUT2D eigenvalue weighted by Gasteiger charge is -2.09. The van der Waals surface area contributed by atoms with E-state index in [1.165, 1.54) is 12.1 Å². The highest BCUT2D eigenvalue weighted by atomic mass is 16.3. The molecule has 0 aliphatic heterocycles. The third-order valence-corrected chi connectivity index (χ3v) is 1.88. The lowest BCUT2D eigenvalue weighted by Crippen LogP contribution is -2.30. The second-order valence-corrected chi connectivity index (χ2v) is 3.24. The molecule has 4 nitrogen and oxygen atoms in total. The first-order valence-corrected chi connectivity index (χ1v) is 4.49. The van der Waals surface area contributed by atoms with Crippen molar-refractivity contribution in [2.24, 2.45) is 0 Å². The maximum absolute atomic E-state index is 11.5. The van der Waals surface area contributed by atoms with E-state index >= 15 is 0 Å². The van der Waals surface area contributed by atoms with Crippen LogP contribution in [0.15, 0.2) is 30.9 Å². The average molecular weight is 207 g/mol. The SMILES string of the molecule is C=CC(C)NC(=O)c1cc(O)cc(O)c1. The van der Waals surface area contributed by atoms with Gasteiger partial charge >= 0.3 is 0 Å². The van der Waals surface area contributed by atoms with Crippen molar-refractivity contribution in [3.05, 3.63) is 36.4 Å². The second kappa shape index (κ2) is 4.50. The fourth-order valence-corrected chi connectivity index (χ4v) is 1.08. The van der Waals surface area contributed by atoms with Gasteiger partial charge in [0.1, 0.15) is 11.5 Å². The molecule has 1 rings (SSSR count). The van der Waals surface area contributed by atoms with Crippen molar-refractivity contribution in [1.29, 1.82) is 0 Å². The summed E-state index contributed by atoms with van der Waals surface area (Å²) in [4.78, 5) is 11.5. The Balaban J connectivity index is 2.86. The highest BCUT2D eigenvalue weighted by molar-refractivity contribution is 5.95. The van der Waals surface area contributed by atoms with Gasteiger partial charge in [-0.25, -0.2) is 0 Å². The summed E-state index contributed by atoms with van der Waals surface area (Å²) in [5.74, 6) is -0.661. The summed E-state index contributed by atoms with van der Waals surface area (Å²) in [6, 6.07) is 3.56. The quantitative estimate of drug-likeness (QED) is 0.656. The van der Waals surface area contributed by atoms with E-state index in [0.717, 1.165) is 6.07 Å². The minimum Gasteiger partial charge on any atom is -0.508 e. The van der Waals surface area contributed by atoms with Crippen LogP contribution in [0.4, 0.5) is 0 Å². The molecule has 0 fully saturated rings. The Kier molecular flexibility index (Phi) is 3.33. The van der Waals surface area contributed by atoms with E-state index in [1.807, 2.05) is 0 Å². The molecule has 0 bridgehead atoms. The molecule has 0 aromatic heterocycles. The molecule has 1 amide bonds. The molecule has 0 aliphatic rings. The van der Waals surface area contributed by atoms with E-state index in [0.29, 0.717) is 0 Å². The van der Waals surface area contributed by atoms with Crippen molar-refractivity contribution in [2.45, 2.75) is 13.0 Å². The molecule has 0 saturated heterocycles. The molecule has 0 spiro atoms. The van der Waals surface area contributed by atoms with Crippen molar-refractivity contribution in [1.82, 2.24) is 5.32 Å². The molecule has 3 N–H and O–H groups in total. The van der Waals surface area contributed by atoms with E-state index in [4.69, 9.17) is 0 Å². The van der Waals surface area contributed by atoms with Crippen LogP contribution in [0.25, 0.3) is 0 Å². The van der Waals surface area contributed by atoms with E-state index in [9.17, 15) is 15.0 Å². The number of hydrogen-bond donors (Lipinski definition) is 3. The minimum absolute atomic E-state index is 0.147. The van der Waals surface area contributed by atoms with Gasteiger partial charge in [0, 0.05) is 17.7 Å². The van der Waals surface area contributed by atoms with E-state index in [1.54, 1.807) is 13.0 Å². The van der Waals surface area contributed by atoms with Gasteiger partial charge in [-0.2, -0.15) is 0 Å². The van der Waals surface area contributed by atoms with Crippen LogP contribution in [0.1, 0.15) is 17.3 Å². The standard InChI is InChI=1S/C11H13NO3/c1-3-7(2)12-11(15)8-4-9(13)6-10(14)5-8/h3-7,13-14H,1H2,2H3,(H,12,15). The summed E-state index contributed by atoms with van der Waals surface area (Å²) in [6.45, 7) is 5.30. The Labute approximate surface area is 87.9 Å². The number of rotatable bonds is 3. The summed E-state index contributed by atoms with van der Waals surface area (Å²) in [7, 11) is 0. The Morgan fingerprint density at radius 1 is 1.40 bits per heavy atom. The molecular weight excluding hydrogens is 194 g/mol. The van der Waals surface area contributed by atoms with Gasteiger partial charge < -0.3 is 15.5 Å². The van der Waals surface area contributed by atoms with E-state index in [2.05, 4.69) is 11.9 Å². The van der Waals surface area contributed by atoms with Crippen molar-refractivity contribution < 1.29 is 15.0 Å². The minimum atomic E-state index is -0.367. The summed E-state index contributed by atoms with van der Waals surface area (Å²) < 4.78 is 0. The van der Waals surface area contributed by atoms with Crippen LogP contribution < -0.4 is 5.32 Å². The summed E-state index contributed by atoms with van der Waals surface area (Å²) >= 11 is 0. The first-order valence-electron chi connectivity index (χ1n) is 4.49. The maximum Gasteiger partial charge on any atom is 0.252 e. The molecule has 1 unspecified atom stereocenters. The predicted molar refractivity (Wildman–Crippen MR) is 56.9 cm³/mol. The lowest BCUT2D eigenvalue weighted by atomic mass is 10.1. The van der Waals surface area contributed by atoms with Crippen molar-refractivity contribution >= 4 is 5.91 Å². The first-order chi connectivity index (χ1) is 7.02. The normalized spacial score (nSPS) is 11.8. The zero-order chi connectivity index (χ0) is 11.4. The van der Waals surface area contributed by atoms with Gasteiger partial charge in [-0.3, -0.25) is 4.79 Å². The van der Waals surface area contributed by atoms with E-state index < -0.39 is 0 Å². The summed E-state index contributed by atoms with van der Waals surface area (Å²) in [6.07, 6.45) is 1.58. The molecule has 1 aromatic carbocycles. The second-order valence-electron chi connectivity index (χ2n) is 3.24. The molecule has 0 saturated carbocycles. The van der Waals surface area contributed by atoms with Crippen molar-refractivity contribution in [2.75, 3.05) is 0 Å².